The van der Waals surface area contributed by atoms with E-state index in [-0.39, 0.29) is 28.1 Å². The van der Waals surface area contributed by atoms with Crippen LogP contribution >= 0.6 is 0 Å². The number of benzene rings is 4. The fourth-order valence-electron chi connectivity index (χ4n) is 4.87. The van der Waals surface area contributed by atoms with Crippen LogP contribution in [0.5, 0.6) is 11.5 Å². The Morgan fingerprint density at radius 1 is 0.654 bits per heavy atom. The lowest BCUT2D eigenvalue weighted by atomic mass is 10.1. The molecule has 0 aliphatic rings. The van der Waals surface area contributed by atoms with E-state index in [1.54, 1.807) is 12.1 Å². The highest BCUT2D eigenvalue weighted by atomic mass is 32.2. The van der Waals surface area contributed by atoms with Gasteiger partial charge in [-0.25, -0.2) is 26.4 Å². The van der Waals surface area contributed by atoms with Crippen LogP contribution in [0.4, 0.5) is 11.4 Å². The monoisotopic (exact) mass is 754 g/mol. The van der Waals surface area contributed by atoms with E-state index in [0.717, 1.165) is 17.4 Å². The van der Waals surface area contributed by atoms with E-state index >= 15 is 0 Å². The summed E-state index contributed by atoms with van der Waals surface area (Å²) in [5, 5.41) is 6.18. The molecule has 2 unspecified atom stereocenters. The minimum absolute atomic E-state index is 0.124. The standard InChI is InChI=1S/C36H42N4O10S2/c1-37-24-22-33(27-10-6-4-7-11-27)48-31-18-14-29(15-19-31)39-52(45,46)26-47-35(41)36(42)50-40(51(3,43)44)30-16-20-32(21-17-30)49-34(23-25-38-2)28-12-8-5-9-13-28/h4-21,33-34,37-39H,22-26H2,1-3H3. The Kier molecular flexibility index (Phi) is 14.4. The van der Waals surface area contributed by atoms with Crippen molar-refractivity contribution in [2.45, 2.75) is 25.0 Å². The molecule has 0 bridgehead atoms. The molecule has 0 aliphatic carbocycles. The van der Waals surface area contributed by atoms with Crippen LogP contribution < -0.4 is 29.3 Å². The molecule has 4 aromatic carbocycles. The Bertz CT molecular complexity index is 1950. The van der Waals surface area contributed by atoms with Crippen molar-refractivity contribution in [1.29, 1.82) is 0 Å². The van der Waals surface area contributed by atoms with Gasteiger partial charge in [0.25, 0.3) is 20.0 Å². The van der Waals surface area contributed by atoms with Crippen molar-refractivity contribution in [3.8, 4) is 11.5 Å². The second kappa shape index (κ2) is 18.9. The summed E-state index contributed by atoms with van der Waals surface area (Å²) in [4.78, 5) is 29.8. The van der Waals surface area contributed by atoms with E-state index in [1.807, 2.05) is 74.8 Å². The molecule has 0 aromatic heterocycles. The molecule has 0 fully saturated rings. The van der Waals surface area contributed by atoms with Crippen LogP contribution in [0.15, 0.2) is 109 Å². The maximum Gasteiger partial charge on any atom is 0.442 e. The molecular weight excluding hydrogens is 713 g/mol. The van der Waals surface area contributed by atoms with Gasteiger partial charge in [-0.1, -0.05) is 65.1 Å². The predicted octanol–water partition coefficient (Wildman–Crippen LogP) is 4.31. The maximum atomic E-state index is 12.7. The maximum absolute atomic E-state index is 12.7. The zero-order valence-electron chi connectivity index (χ0n) is 28.9. The minimum Gasteiger partial charge on any atom is -0.486 e. The highest BCUT2D eigenvalue weighted by Crippen LogP contribution is 2.29. The van der Waals surface area contributed by atoms with E-state index in [1.165, 1.54) is 36.4 Å². The summed E-state index contributed by atoms with van der Waals surface area (Å²) >= 11 is 0. The first-order valence-corrected chi connectivity index (χ1v) is 19.7. The van der Waals surface area contributed by atoms with Gasteiger partial charge in [0.2, 0.25) is 5.94 Å². The van der Waals surface area contributed by atoms with Gasteiger partial charge in [0.05, 0.1) is 11.9 Å². The van der Waals surface area contributed by atoms with Gasteiger partial charge in [0.1, 0.15) is 23.7 Å². The summed E-state index contributed by atoms with van der Waals surface area (Å²) in [5.74, 6) is -3.83. The van der Waals surface area contributed by atoms with Gasteiger partial charge >= 0.3 is 11.9 Å². The Labute approximate surface area is 304 Å². The summed E-state index contributed by atoms with van der Waals surface area (Å²) in [6.45, 7) is 1.39. The van der Waals surface area contributed by atoms with Gasteiger partial charge in [0.15, 0.2) is 0 Å². The highest BCUT2D eigenvalue weighted by Gasteiger charge is 2.29. The molecular formula is C36H42N4O10S2. The van der Waals surface area contributed by atoms with E-state index in [4.69, 9.17) is 14.3 Å². The Morgan fingerprint density at radius 3 is 1.56 bits per heavy atom. The van der Waals surface area contributed by atoms with Gasteiger partial charge in [-0.05, 0) is 86.8 Å². The fraction of sp³-hybridized carbons (Fsp3) is 0.278. The smallest absolute Gasteiger partial charge is 0.442 e. The van der Waals surface area contributed by atoms with E-state index in [9.17, 15) is 26.4 Å². The van der Waals surface area contributed by atoms with Gasteiger partial charge in [-0.15, -0.1) is 0 Å². The third-order valence-electron chi connectivity index (χ3n) is 7.37. The summed E-state index contributed by atoms with van der Waals surface area (Å²) < 4.78 is 69.7. The summed E-state index contributed by atoms with van der Waals surface area (Å²) in [6, 6.07) is 30.9. The van der Waals surface area contributed by atoms with Gasteiger partial charge in [-0.2, -0.15) is 0 Å². The number of hydrogen-bond acceptors (Lipinski definition) is 12. The van der Waals surface area contributed by atoms with Gasteiger partial charge in [-0.3, -0.25) is 4.72 Å². The number of nitrogens with one attached hydrogen (secondary N) is 3. The van der Waals surface area contributed by atoms with Crippen LogP contribution in [0.2, 0.25) is 0 Å². The van der Waals surface area contributed by atoms with Gasteiger partial charge < -0.3 is 29.7 Å². The first-order valence-electron chi connectivity index (χ1n) is 16.2. The third kappa shape index (κ3) is 12.3. The van der Waals surface area contributed by atoms with Crippen LogP contribution in [0.25, 0.3) is 0 Å². The number of hydrogen-bond donors (Lipinski definition) is 3. The molecule has 0 heterocycles. The zero-order chi connectivity index (χ0) is 37.6. The molecule has 4 rings (SSSR count). The number of esters is 1. The van der Waals surface area contributed by atoms with Crippen molar-refractivity contribution in [1.82, 2.24) is 10.6 Å². The number of rotatable bonds is 19. The molecule has 4 aromatic rings. The lowest BCUT2D eigenvalue weighted by Crippen LogP contribution is -2.36. The Morgan fingerprint density at radius 2 is 1.12 bits per heavy atom. The SMILES string of the molecule is CNCCC(Oc1ccc(NS(=O)(=O)COC(=O)C(=O)ON(c2ccc(OC(CCNC)c3ccccc3)cc2)S(C)(=O)=O)cc1)c1ccccc1. The van der Waals surface area contributed by atoms with Crippen LogP contribution in [-0.4, -0.2) is 68.2 Å². The molecule has 16 heteroatoms. The molecule has 3 N–H and O–H groups in total. The highest BCUT2D eigenvalue weighted by molar-refractivity contribution is 7.92. The third-order valence-corrected chi connectivity index (χ3v) is 9.23. The molecule has 2 atom stereocenters. The summed E-state index contributed by atoms with van der Waals surface area (Å²) in [6.07, 6.45) is 1.56. The van der Waals surface area contributed by atoms with Crippen LogP contribution in [-0.2, 0) is 39.2 Å². The van der Waals surface area contributed by atoms with Crippen molar-refractivity contribution in [2.75, 3.05) is 48.6 Å². The molecule has 0 amide bonds. The number of carbonyl (C=O) groups is 2. The average molecular weight is 755 g/mol. The van der Waals surface area contributed by atoms with Crippen molar-refractivity contribution >= 4 is 43.4 Å². The van der Waals surface area contributed by atoms with Crippen molar-refractivity contribution in [3.63, 3.8) is 0 Å². The van der Waals surface area contributed by atoms with E-state index in [2.05, 4.69) is 20.1 Å². The first-order chi connectivity index (χ1) is 24.9. The number of nitrogens with zero attached hydrogens (tertiary/aromatic N) is 1. The second-order valence-corrected chi connectivity index (χ2v) is 14.9. The topological polar surface area (TPSA) is 179 Å². The molecule has 14 nitrogen and oxygen atoms in total. The molecule has 0 radical (unpaired) electrons. The fourth-order valence-corrected chi connectivity index (χ4v) is 6.40. The quantitative estimate of drug-likeness (QED) is 0.0703. The van der Waals surface area contributed by atoms with Crippen LogP contribution in [0.3, 0.4) is 0 Å². The lowest BCUT2D eigenvalue weighted by molar-refractivity contribution is -0.166. The zero-order valence-corrected chi connectivity index (χ0v) is 30.6. The second-order valence-electron chi connectivity index (χ2n) is 11.5. The summed E-state index contributed by atoms with van der Waals surface area (Å²) in [7, 11) is -4.89. The minimum atomic E-state index is -4.30. The van der Waals surface area contributed by atoms with E-state index < -0.39 is 37.9 Å². The number of carbonyl (C=O) groups excluding carboxylic acids is 2. The molecule has 278 valence electrons. The predicted molar refractivity (Wildman–Crippen MR) is 197 cm³/mol. The molecule has 52 heavy (non-hydrogen) atoms. The van der Waals surface area contributed by atoms with Gasteiger partial charge in [0, 0.05) is 18.5 Å². The number of ether oxygens (including phenoxy) is 3. The van der Waals surface area contributed by atoms with Crippen molar-refractivity contribution in [3.05, 3.63) is 120 Å². The molecule has 0 saturated carbocycles. The normalized spacial score (nSPS) is 12.6. The largest absolute Gasteiger partial charge is 0.486 e. The van der Waals surface area contributed by atoms with Crippen LogP contribution in [0.1, 0.15) is 36.2 Å². The summed E-state index contributed by atoms with van der Waals surface area (Å²) in [5.41, 5.74) is 1.95. The number of anilines is 2. The van der Waals surface area contributed by atoms with E-state index in [0.29, 0.717) is 37.4 Å². The molecule has 0 aliphatic heterocycles. The Hall–Kier alpha value is -5.16. The molecule has 0 spiro atoms. The van der Waals surface area contributed by atoms with Crippen molar-refractivity contribution < 1.29 is 45.5 Å². The van der Waals surface area contributed by atoms with Crippen molar-refractivity contribution in [2.24, 2.45) is 0 Å². The van der Waals surface area contributed by atoms with Crippen LogP contribution in [0, 0.1) is 0 Å². The average Bonchev–Trinajstić information content (AvgIpc) is 3.14. The first kappa shape index (κ1) is 39.6. The number of sulfonamides is 2. The lowest BCUT2D eigenvalue weighted by Gasteiger charge is -2.22. The molecule has 0 saturated heterocycles. The Balaban J connectivity index is 1.33.